The van der Waals surface area contributed by atoms with Crippen molar-refractivity contribution >= 4 is 11.9 Å². The highest BCUT2D eigenvalue weighted by Gasteiger charge is 2.05. The van der Waals surface area contributed by atoms with Gasteiger partial charge < -0.3 is 4.74 Å². The number of carbonyl (C=O) groups excluding carboxylic acids is 1. The average molecular weight is 340 g/mol. The van der Waals surface area contributed by atoms with Crippen LogP contribution in [0.3, 0.4) is 0 Å². The molecule has 3 rings (SSSR count). The maximum absolute atomic E-state index is 12.1. The number of rotatable bonds is 5. The van der Waals surface area contributed by atoms with E-state index in [0.29, 0.717) is 10.6 Å². The van der Waals surface area contributed by atoms with E-state index >= 15 is 0 Å². The molecule has 3 aromatic rings. The highest BCUT2D eigenvalue weighted by Crippen LogP contribution is 2.21. The van der Waals surface area contributed by atoms with Gasteiger partial charge in [0.1, 0.15) is 5.75 Å². The van der Waals surface area contributed by atoms with Crippen LogP contribution in [0.4, 0.5) is 0 Å². The lowest BCUT2D eigenvalue weighted by molar-refractivity contribution is -0.288. The molecule has 120 valence electrons. The zero-order valence-electron chi connectivity index (χ0n) is 13.0. The minimum atomic E-state index is -0.0782. The predicted octanol–water partition coefficient (Wildman–Crippen LogP) is 3.68. The fraction of sp³-hybridized carbons (Fsp3) is 0.0526. The molecule has 0 unspecified atom stereocenters. The van der Waals surface area contributed by atoms with Gasteiger partial charge in [-0.3, -0.25) is 9.89 Å². The van der Waals surface area contributed by atoms with Gasteiger partial charge in [0.05, 0.1) is 18.5 Å². The highest BCUT2D eigenvalue weighted by atomic mass is 35.5. The van der Waals surface area contributed by atoms with E-state index in [1.807, 2.05) is 30.3 Å². The molecule has 1 heterocycles. The lowest BCUT2D eigenvalue weighted by Crippen LogP contribution is -1.93. The van der Waals surface area contributed by atoms with Crippen molar-refractivity contribution in [3.05, 3.63) is 77.0 Å². The molecule has 2 aromatic carbocycles. The second-order valence-corrected chi connectivity index (χ2v) is 5.63. The van der Waals surface area contributed by atoms with Crippen molar-refractivity contribution in [3.63, 3.8) is 0 Å². The Kier molecular flexibility index (Phi) is 4.77. The fourth-order valence-electron chi connectivity index (χ4n) is 2.21. The third-order valence-electron chi connectivity index (χ3n) is 3.54. The first-order chi connectivity index (χ1) is 11.7. The first-order valence-corrected chi connectivity index (χ1v) is 7.76. The summed E-state index contributed by atoms with van der Waals surface area (Å²) in [5.74, 6) is 0.718. The molecule has 24 heavy (non-hydrogen) atoms. The quantitative estimate of drug-likeness (QED) is 0.570. The molecule has 0 aliphatic carbocycles. The van der Waals surface area contributed by atoms with Crippen LogP contribution in [-0.4, -0.2) is 23.1 Å². The van der Waals surface area contributed by atoms with Crippen LogP contribution in [0.2, 0.25) is 5.02 Å². The number of ether oxygens (including phenoxy) is 1. The SMILES string of the molecule is COc1ccc(-c2cc(/C=C/C(=O)c3ccc([ClH+])cc3)[nH]n2)cc1. The Morgan fingerprint density at radius 3 is 2.50 bits per heavy atom. The zero-order valence-corrected chi connectivity index (χ0v) is 13.8. The molecule has 0 atom stereocenters. The normalized spacial score (nSPS) is 10.9. The molecule has 0 aliphatic rings. The number of H-pyrrole nitrogens is 1. The van der Waals surface area contributed by atoms with Crippen LogP contribution in [0.25, 0.3) is 17.3 Å². The van der Waals surface area contributed by atoms with Crippen molar-refractivity contribution < 1.29 is 21.1 Å². The summed E-state index contributed by atoms with van der Waals surface area (Å²) >= 11 is 5.01. The van der Waals surface area contributed by atoms with Crippen LogP contribution < -0.4 is 4.74 Å². The van der Waals surface area contributed by atoms with E-state index < -0.39 is 0 Å². The summed E-state index contributed by atoms with van der Waals surface area (Å²) in [5, 5.41) is 7.89. The van der Waals surface area contributed by atoms with Gasteiger partial charge >= 0.3 is 0 Å². The molecule has 4 nitrogen and oxygen atoms in total. The molecule has 0 bridgehead atoms. The zero-order chi connectivity index (χ0) is 16.9. The molecule has 1 N–H and O–H groups in total. The van der Waals surface area contributed by atoms with E-state index in [2.05, 4.69) is 10.2 Å². The molecule has 5 heteroatoms. The number of aromatic amines is 1. The molecule has 1 aromatic heterocycles. The fourth-order valence-corrected chi connectivity index (χ4v) is 2.35. The number of halogens is 1. The van der Waals surface area contributed by atoms with Crippen molar-refractivity contribution in [2.24, 2.45) is 0 Å². The van der Waals surface area contributed by atoms with Gasteiger partial charge in [-0.15, -0.1) is 0 Å². The lowest BCUT2D eigenvalue weighted by Gasteiger charge is -1.99. The molecule has 0 saturated heterocycles. The van der Waals surface area contributed by atoms with E-state index in [4.69, 9.17) is 16.3 Å². The predicted molar refractivity (Wildman–Crippen MR) is 90.9 cm³/mol. The lowest BCUT2D eigenvalue weighted by atomic mass is 10.1. The van der Waals surface area contributed by atoms with Gasteiger partial charge in [0.25, 0.3) is 0 Å². The number of allylic oxidation sites excluding steroid dienone is 1. The molecule has 0 aliphatic heterocycles. The number of ketones is 1. The topological polar surface area (TPSA) is 55.0 Å². The Balaban J connectivity index is 1.73. The highest BCUT2D eigenvalue weighted by molar-refractivity contribution is 6.06. The molecular weight excluding hydrogens is 324 g/mol. The van der Waals surface area contributed by atoms with E-state index in [9.17, 15) is 4.79 Å². The largest absolute Gasteiger partial charge is 0.497 e. The second-order valence-electron chi connectivity index (χ2n) is 5.16. The summed E-state index contributed by atoms with van der Waals surface area (Å²) in [6.45, 7) is 0. The Bertz CT molecular complexity index is 865. The van der Waals surface area contributed by atoms with Crippen molar-refractivity contribution in [3.8, 4) is 17.0 Å². The van der Waals surface area contributed by atoms with E-state index in [1.165, 1.54) is 6.08 Å². The van der Waals surface area contributed by atoms with Crippen LogP contribution in [-0.2, 0) is 0 Å². The third-order valence-corrected chi connectivity index (χ3v) is 3.81. The van der Waals surface area contributed by atoms with Crippen LogP contribution >= 0.6 is 0 Å². The number of methoxy groups -OCH3 is 1. The Hall–Kier alpha value is -2.85. The Morgan fingerprint density at radius 1 is 1.12 bits per heavy atom. The summed E-state index contributed by atoms with van der Waals surface area (Å²) in [5.41, 5.74) is 3.14. The number of nitrogens with zero attached hydrogens (tertiary/aromatic N) is 1. The minimum absolute atomic E-state index is 0.0782. The first kappa shape index (κ1) is 16.0. The van der Waals surface area contributed by atoms with Crippen molar-refractivity contribution in [1.82, 2.24) is 10.2 Å². The number of benzene rings is 2. The van der Waals surface area contributed by atoms with Crippen LogP contribution in [0, 0.1) is 11.6 Å². The van der Waals surface area contributed by atoms with Gasteiger partial charge in [-0.1, -0.05) is 0 Å². The van der Waals surface area contributed by atoms with Gasteiger partial charge in [-0.25, -0.2) is 0 Å². The van der Waals surface area contributed by atoms with E-state index in [1.54, 1.807) is 37.5 Å². The van der Waals surface area contributed by atoms with Gasteiger partial charge in [-0.05, 0) is 54.6 Å². The Morgan fingerprint density at radius 2 is 1.83 bits per heavy atom. The van der Waals surface area contributed by atoms with Crippen LogP contribution in [0.1, 0.15) is 16.1 Å². The van der Waals surface area contributed by atoms with E-state index in [0.717, 1.165) is 22.7 Å². The number of aromatic nitrogens is 2. The van der Waals surface area contributed by atoms with E-state index in [-0.39, 0.29) is 5.78 Å². The van der Waals surface area contributed by atoms with Crippen molar-refractivity contribution in [2.75, 3.05) is 7.11 Å². The van der Waals surface area contributed by atoms with Crippen molar-refractivity contribution in [1.29, 1.82) is 0 Å². The summed E-state index contributed by atoms with van der Waals surface area (Å²) < 4.78 is 5.14. The molecule has 0 radical (unpaired) electrons. The smallest absolute Gasteiger partial charge is 0.225 e. The summed E-state index contributed by atoms with van der Waals surface area (Å²) in [6, 6.07) is 16.5. The molecular formula is C19H16ClN2O2+. The maximum atomic E-state index is 12.1. The number of nitrogens with one attached hydrogen (secondary N) is 1. The van der Waals surface area contributed by atoms with Gasteiger partial charge in [-0.2, -0.15) is 5.10 Å². The summed E-state index contributed by atoms with van der Waals surface area (Å²) in [4.78, 5) is 12.1. The third kappa shape index (κ3) is 3.73. The van der Waals surface area contributed by atoms with Crippen molar-refractivity contribution in [2.45, 2.75) is 0 Å². The number of hydrogen-bond acceptors (Lipinski definition) is 3. The summed E-state index contributed by atoms with van der Waals surface area (Å²) in [7, 11) is 1.63. The summed E-state index contributed by atoms with van der Waals surface area (Å²) in [6.07, 6.45) is 3.23. The monoisotopic (exact) mass is 339 g/mol. The first-order valence-electron chi connectivity index (χ1n) is 7.35. The van der Waals surface area contributed by atoms with Gasteiger partial charge in [0, 0.05) is 23.3 Å². The molecule has 0 fully saturated rings. The minimum Gasteiger partial charge on any atom is -0.497 e. The molecule has 0 spiro atoms. The Labute approximate surface area is 144 Å². The standard InChI is InChI=1S/C19H15ClN2O2/c1-24-17-9-4-13(5-10-17)18-12-16(21-22-18)8-11-19(23)14-2-6-15(20)7-3-14/h2-12,20H,1H3/p+1. The molecule has 0 saturated carbocycles. The van der Waals surface area contributed by atoms with Crippen LogP contribution in [0.5, 0.6) is 5.75 Å². The van der Waals surface area contributed by atoms with Gasteiger partial charge in [0.2, 0.25) is 5.02 Å². The number of hydrogen-bond donors (Lipinski definition) is 1. The van der Waals surface area contributed by atoms with Crippen LogP contribution in [0.15, 0.2) is 60.7 Å². The number of carbonyl (C=O) groups is 1. The van der Waals surface area contributed by atoms with Gasteiger partial charge in [0.15, 0.2) is 17.4 Å². The average Bonchev–Trinajstić information content (AvgIpc) is 3.09. The second kappa shape index (κ2) is 7.15. The molecule has 0 amide bonds. The maximum Gasteiger partial charge on any atom is 0.225 e.